The number of amides is 1. The van der Waals surface area contributed by atoms with Gasteiger partial charge in [0.25, 0.3) is 10.1 Å². The topological polar surface area (TPSA) is 153 Å². The average Bonchev–Trinajstić information content (AvgIpc) is 3.38. The zero-order valence-corrected chi connectivity index (χ0v) is 16.9. The van der Waals surface area contributed by atoms with Gasteiger partial charge < -0.3 is 15.2 Å². The molecule has 1 aromatic heterocycles. The third-order valence-electron chi connectivity index (χ3n) is 4.84. The van der Waals surface area contributed by atoms with Gasteiger partial charge in [-0.1, -0.05) is 6.07 Å². The van der Waals surface area contributed by atoms with Crippen molar-refractivity contribution in [2.75, 3.05) is 18.1 Å². The number of anilines is 1. The smallest absolute Gasteiger partial charge is 0.414 e. The Morgan fingerprint density at radius 3 is 2.94 bits per heavy atom. The van der Waals surface area contributed by atoms with Gasteiger partial charge in [0.05, 0.1) is 17.1 Å². The number of benzene rings is 2. The van der Waals surface area contributed by atoms with Crippen molar-refractivity contribution in [3.63, 3.8) is 0 Å². The van der Waals surface area contributed by atoms with Crippen molar-refractivity contribution in [1.29, 1.82) is 0 Å². The first-order valence-electron chi connectivity index (χ1n) is 9.25. The molecule has 1 fully saturated rings. The summed E-state index contributed by atoms with van der Waals surface area (Å²) in [5.74, 6) is 1.09. The van der Waals surface area contributed by atoms with E-state index in [0.29, 0.717) is 28.6 Å². The van der Waals surface area contributed by atoms with Crippen molar-refractivity contribution in [1.82, 2.24) is 20.2 Å². The van der Waals surface area contributed by atoms with Crippen LogP contribution in [0, 0.1) is 0 Å². The van der Waals surface area contributed by atoms with Crippen molar-refractivity contribution in [3.05, 3.63) is 48.3 Å². The van der Waals surface area contributed by atoms with Crippen LogP contribution in [0.15, 0.2) is 47.4 Å². The summed E-state index contributed by atoms with van der Waals surface area (Å²) in [7, 11) is -4.00. The first kappa shape index (κ1) is 19.4. The minimum Gasteiger partial charge on any atom is -0.483 e. The molecule has 3 N–H and O–H groups in total. The molecule has 3 heterocycles. The number of rotatable bonds is 5. The average molecular weight is 445 g/mol. The fraction of sp³-hybridized carbons (Fsp3) is 0.222. The number of aromatic nitrogens is 4. The van der Waals surface area contributed by atoms with E-state index in [4.69, 9.17) is 13.7 Å². The van der Waals surface area contributed by atoms with Crippen molar-refractivity contribution >= 4 is 27.6 Å². The summed E-state index contributed by atoms with van der Waals surface area (Å²) in [5, 5.41) is 11.4. The van der Waals surface area contributed by atoms with E-state index in [0.717, 1.165) is 0 Å². The van der Waals surface area contributed by atoms with Gasteiger partial charge in [-0.05, 0) is 34.7 Å². The quantitative estimate of drug-likeness (QED) is 0.541. The highest BCUT2D eigenvalue weighted by Crippen LogP contribution is 2.33. The predicted octanol–water partition coefficient (Wildman–Crippen LogP) is 0.159. The maximum atomic E-state index is 12.4. The lowest BCUT2D eigenvalue weighted by atomic mass is 10.2. The first-order chi connectivity index (χ1) is 14.9. The predicted molar refractivity (Wildman–Crippen MR) is 103 cm³/mol. The number of carbonyl (C=O) groups excluding carboxylic acids is 1. The Kier molecular flexibility index (Phi) is 4.57. The molecule has 160 valence electrons. The van der Waals surface area contributed by atoms with Gasteiger partial charge in [0, 0.05) is 12.1 Å². The summed E-state index contributed by atoms with van der Waals surface area (Å²) in [6.45, 7) is 0.0245. The number of hydrogen-bond acceptors (Lipinski definition) is 9. The summed E-state index contributed by atoms with van der Waals surface area (Å²) in [5.41, 5.74) is 5.45. The molecule has 0 spiro atoms. The van der Waals surface area contributed by atoms with Crippen LogP contribution < -0.4 is 15.4 Å². The first-order valence-corrected chi connectivity index (χ1v) is 10.7. The SMILES string of the molecule is [NH3+]c1cccc(S(=O)(=O)OCC2CN(c3ccc4c(c3)OCc3nnnn3-4)C(=O)O2)c1. The number of nitrogens with zero attached hydrogens (tertiary/aromatic N) is 5. The molecule has 0 saturated carbocycles. The van der Waals surface area contributed by atoms with Crippen LogP contribution in [0.25, 0.3) is 5.69 Å². The molecule has 1 amide bonds. The van der Waals surface area contributed by atoms with Gasteiger partial charge in [-0.25, -0.2) is 4.79 Å². The van der Waals surface area contributed by atoms with Crippen molar-refractivity contribution < 1.29 is 32.6 Å². The molecule has 0 aliphatic carbocycles. The third kappa shape index (κ3) is 3.58. The van der Waals surface area contributed by atoms with Gasteiger partial charge in [0.15, 0.2) is 5.82 Å². The number of ether oxygens (including phenoxy) is 2. The molecule has 2 aliphatic rings. The Morgan fingerprint density at radius 1 is 1.23 bits per heavy atom. The molecule has 31 heavy (non-hydrogen) atoms. The highest BCUT2D eigenvalue weighted by atomic mass is 32.2. The van der Waals surface area contributed by atoms with E-state index in [-0.39, 0.29) is 24.7 Å². The van der Waals surface area contributed by atoms with E-state index < -0.39 is 22.3 Å². The monoisotopic (exact) mass is 445 g/mol. The molecule has 1 saturated heterocycles. The maximum Gasteiger partial charge on any atom is 0.414 e. The van der Waals surface area contributed by atoms with Crippen molar-refractivity contribution in [2.24, 2.45) is 0 Å². The lowest BCUT2D eigenvalue weighted by Gasteiger charge is -2.20. The van der Waals surface area contributed by atoms with Crippen molar-refractivity contribution in [2.45, 2.75) is 17.6 Å². The third-order valence-corrected chi connectivity index (χ3v) is 6.12. The standard InChI is InChI=1S/C18H16N6O6S/c19-11-2-1-3-14(6-11)31(26,27)29-9-13-8-23(18(25)30-13)12-4-5-15-16(7-12)28-10-17-20-21-22-24(15)17/h1-7,13H,8-10,19H2/p+1. The Labute approximate surface area is 176 Å². The fourth-order valence-electron chi connectivity index (χ4n) is 3.34. The van der Waals surface area contributed by atoms with Crippen LogP contribution in [0.4, 0.5) is 16.2 Å². The molecular formula is C18H17N6O6S+. The minimum absolute atomic E-state index is 0.00464. The van der Waals surface area contributed by atoms with Crippen LogP contribution in [-0.4, -0.2) is 54.0 Å². The Morgan fingerprint density at radius 2 is 2.10 bits per heavy atom. The summed E-state index contributed by atoms with van der Waals surface area (Å²) < 4.78 is 42.4. The van der Waals surface area contributed by atoms with Crippen LogP contribution in [0.1, 0.15) is 5.82 Å². The van der Waals surface area contributed by atoms with Crippen LogP contribution in [-0.2, 0) is 25.6 Å². The van der Waals surface area contributed by atoms with Crippen LogP contribution in [0.3, 0.4) is 0 Å². The van der Waals surface area contributed by atoms with Crippen LogP contribution in [0.5, 0.6) is 5.75 Å². The Hall–Kier alpha value is -3.55. The van der Waals surface area contributed by atoms with E-state index in [9.17, 15) is 13.2 Å². The second kappa shape index (κ2) is 7.30. The second-order valence-corrected chi connectivity index (χ2v) is 8.57. The molecule has 0 bridgehead atoms. The molecule has 2 aliphatic heterocycles. The van der Waals surface area contributed by atoms with E-state index in [1.165, 1.54) is 17.0 Å². The maximum absolute atomic E-state index is 12.4. The summed E-state index contributed by atoms with van der Waals surface area (Å²) >= 11 is 0. The summed E-state index contributed by atoms with van der Waals surface area (Å²) in [6.07, 6.45) is -1.36. The van der Waals surface area contributed by atoms with Gasteiger partial charge in [0.2, 0.25) is 0 Å². The lowest BCUT2D eigenvalue weighted by Crippen LogP contribution is -2.40. The molecule has 12 nitrogen and oxygen atoms in total. The molecule has 1 atom stereocenters. The summed E-state index contributed by atoms with van der Waals surface area (Å²) in [6, 6.07) is 11.2. The molecule has 0 radical (unpaired) electrons. The van der Waals surface area contributed by atoms with Gasteiger partial charge in [-0.15, -0.1) is 5.10 Å². The van der Waals surface area contributed by atoms with E-state index in [1.807, 2.05) is 0 Å². The molecule has 3 aromatic rings. The molecule has 5 rings (SSSR count). The van der Waals surface area contributed by atoms with Gasteiger partial charge in [-0.2, -0.15) is 13.1 Å². The van der Waals surface area contributed by atoms with Gasteiger partial charge >= 0.3 is 6.09 Å². The van der Waals surface area contributed by atoms with E-state index in [1.54, 1.807) is 35.0 Å². The summed E-state index contributed by atoms with van der Waals surface area (Å²) in [4.78, 5) is 13.7. The number of quaternary nitrogens is 1. The van der Waals surface area contributed by atoms with Crippen LogP contribution >= 0.6 is 0 Å². The van der Waals surface area contributed by atoms with Crippen molar-refractivity contribution in [3.8, 4) is 11.4 Å². The highest BCUT2D eigenvalue weighted by molar-refractivity contribution is 7.86. The number of tetrazole rings is 1. The molecule has 2 aromatic carbocycles. The largest absolute Gasteiger partial charge is 0.483 e. The normalized spacial score (nSPS) is 17.6. The lowest BCUT2D eigenvalue weighted by molar-refractivity contribution is -0.255. The fourth-order valence-corrected chi connectivity index (χ4v) is 4.35. The number of hydrogen-bond donors (Lipinski definition) is 1. The van der Waals surface area contributed by atoms with Gasteiger partial charge in [-0.3, -0.25) is 9.08 Å². The number of cyclic esters (lactones) is 1. The van der Waals surface area contributed by atoms with E-state index in [2.05, 4.69) is 21.3 Å². The number of carbonyl (C=O) groups is 1. The molecule has 13 heteroatoms. The Bertz CT molecular complexity index is 1280. The molecular weight excluding hydrogens is 428 g/mol. The highest BCUT2D eigenvalue weighted by Gasteiger charge is 2.35. The zero-order chi connectivity index (χ0) is 21.6. The molecule has 1 unspecified atom stereocenters. The van der Waals surface area contributed by atoms with Gasteiger partial charge in [0.1, 0.15) is 36.4 Å². The van der Waals surface area contributed by atoms with Crippen LogP contribution in [0.2, 0.25) is 0 Å². The minimum atomic E-state index is -4.00. The second-order valence-electron chi connectivity index (χ2n) is 6.95. The Balaban J connectivity index is 1.29. The van der Waals surface area contributed by atoms with E-state index >= 15 is 0 Å². The number of fused-ring (bicyclic) bond motifs is 3. The zero-order valence-electron chi connectivity index (χ0n) is 16.0.